The Balaban J connectivity index is 3.55. The Labute approximate surface area is 110 Å². The van der Waals surface area contributed by atoms with Gasteiger partial charge in [-0.15, -0.1) is 0 Å². The van der Waals surface area contributed by atoms with E-state index in [0.29, 0.717) is 6.42 Å². The molecule has 0 fully saturated rings. The van der Waals surface area contributed by atoms with Crippen molar-refractivity contribution >= 4 is 29.7 Å². The van der Waals surface area contributed by atoms with Gasteiger partial charge in [0.2, 0.25) is 0 Å². The van der Waals surface area contributed by atoms with E-state index >= 15 is 0 Å². The van der Waals surface area contributed by atoms with Crippen LogP contribution < -0.4 is 0 Å². The largest absolute Gasteiger partial charge is 0.466 e. The van der Waals surface area contributed by atoms with Crippen molar-refractivity contribution in [3.8, 4) is 0 Å². The Kier molecular flexibility index (Phi) is 9.75. The van der Waals surface area contributed by atoms with Gasteiger partial charge in [-0.05, 0) is 6.42 Å². The molecule has 102 valence electrons. The van der Waals surface area contributed by atoms with Crippen LogP contribution in [0.1, 0.15) is 19.8 Å². The third-order valence-corrected chi connectivity index (χ3v) is 2.17. The van der Waals surface area contributed by atoms with Crippen LogP contribution in [-0.4, -0.2) is 36.9 Å². The highest BCUT2D eigenvalue weighted by Gasteiger charge is 2.02. The zero-order valence-corrected chi connectivity index (χ0v) is 11.2. The van der Waals surface area contributed by atoms with Gasteiger partial charge in [0.1, 0.15) is 11.9 Å². The van der Waals surface area contributed by atoms with Crippen LogP contribution in [0, 0.1) is 0 Å². The van der Waals surface area contributed by atoms with E-state index in [2.05, 4.69) is 4.74 Å². The number of ether oxygens (including phenoxy) is 3. The molecule has 0 atom stereocenters. The molecule has 0 aliphatic heterocycles. The van der Waals surface area contributed by atoms with E-state index in [-0.39, 0.29) is 17.8 Å². The zero-order valence-electron chi connectivity index (χ0n) is 10.3. The fourth-order valence-electron chi connectivity index (χ4n) is 0.770. The predicted octanol–water partition coefficient (Wildman–Crippen LogP) is 1.25. The third kappa shape index (κ3) is 9.71. The van der Waals surface area contributed by atoms with Crippen LogP contribution in [0.3, 0.4) is 0 Å². The maximum Gasteiger partial charge on any atom is 0.331 e. The number of rotatable bonds is 8. The van der Waals surface area contributed by atoms with Crippen molar-refractivity contribution in [2.45, 2.75) is 19.8 Å². The summed E-state index contributed by atoms with van der Waals surface area (Å²) in [5, 5.41) is 0. The molecular weight excluding hydrogens is 260 g/mol. The van der Waals surface area contributed by atoms with Crippen molar-refractivity contribution in [3.05, 3.63) is 12.2 Å². The minimum absolute atomic E-state index is 0.0454. The first kappa shape index (κ1) is 16.5. The molecular formula is C11H16O6S. The summed E-state index contributed by atoms with van der Waals surface area (Å²) >= 11 is 1.14. The fraction of sp³-hybridized carbons (Fsp3) is 0.545. The first-order valence-corrected chi connectivity index (χ1v) is 6.41. The zero-order chi connectivity index (χ0) is 13.8. The minimum atomic E-state index is -0.659. The van der Waals surface area contributed by atoms with Crippen LogP contribution in [0.4, 0.5) is 0 Å². The number of carbonyl (C=O) groups is 3. The third-order valence-electron chi connectivity index (χ3n) is 1.60. The molecule has 0 aliphatic rings. The number of hydrogen-bond donors (Lipinski definition) is 0. The van der Waals surface area contributed by atoms with Gasteiger partial charge in [0.25, 0.3) is 0 Å². The summed E-state index contributed by atoms with van der Waals surface area (Å²) in [5.41, 5.74) is 0. The van der Waals surface area contributed by atoms with Gasteiger partial charge in [0.15, 0.2) is 0 Å². The second kappa shape index (κ2) is 10.6. The van der Waals surface area contributed by atoms with Gasteiger partial charge in [-0.3, -0.25) is 4.79 Å². The number of esters is 3. The monoisotopic (exact) mass is 276 g/mol. The van der Waals surface area contributed by atoms with E-state index in [1.165, 1.54) is 7.11 Å². The smallest absolute Gasteiger partial charge is 0.331 e. The average Bonchev–Trinajstić information content (AvgIpc) is 2.35. The molecule has 0 saturated carbocycles. The van der Waals surface area contributed by atoms with Crippen molar-refractivity contribution < 1.29 is 28.6 Å². The second-order valence-corrected chi connectivity index (χ2v) is 3.91. The van der Waals surface area contributed by atoms with Crippen LogP contribution in [0.25, 0.3) is 0 Å². The SMILES string of the molecule is CCCC(=O)OCSCOC(=O)/C=C/C(=O)OC. The van der Waals surface area contributed by atoms with Gasteiger partial charge in [0, 0.05) is 18.6 Å². The molecule has 6 nitrogen and oxygen atoms in total. The quantitative estimate of drug-likeness (QED) is 0.217. The molecule has 0 heterocycles. The van der Waals surface area contributed by atoms with Crippen LogP contribution in [0.5, 0.6) is 0 Å². The molecule has 0 aromatic rings. The summed E-state index contributed by atoms with van der Waals surface area (Å²) in [6.07, 6.45) is 3.04. The van der Waals surface area contributed by atoms with Crippen molar-refractivity contribution in [3.63, 3.8) is 0 Å². The summed E-state index contributed by atoms with van der Waals surface area (Å²) in [6.45, 7) is 1.88. The van der Waals surface area contributed by atoms with E-state index in [1.54, 1.807) is 0 Å². The summed E-state index contributed by atoms with van der Waals surface area (Å²) in [6, 6.07) is 0. The first-order chi connectivity index (χ1) is 8.60. The predicted molar refractivity (Wildman–Crippen MR) is 65.6 cm³/mol. The van der Waals surface area contributed by atoms with Crippen molar-refractivity contribution in [1.82, 2.24) is 0 Å². The van der Waals surface area contributed by atoms with Crippen LogP contribution >= 0.6 is 11.8 Å². The fourth-order valence-corrected chi connectivity index (χ4v) is 1.25. The Bertz CT molecular complexity index is 313. The molecule has 0 bridgehead atoms. The normalized spacial score (nSPS) is 10.1. The van der Waals surface area contributed by atoms with Crippen LogP contribution in [-0.2, 0) is 28.6 Å². The van der Waals surface area contributed by atoms with E-state index < -0.39 is 11.9 Å². The van der Waals surface area contributed by atoms with Gasteiger partial charge in [-0.2, -0.15) is 0 Å². The highest BCUT2D eigenvalue weighted by Crippen LogP contribution is 2.03. The lowest BCUT2D eigenvalue weighted by atomic mass is 10.3. The maximum absolute atomic E-state index is 11.0. The summed E-state index contributed by atoms with van der Waals surface area (Å²) < 4.78 is 13.8. The lowest BCUT2D eigenvalue weighted by Crippen LogP contribution is -2.06. The van der Waals surface area contributed by atoms with Crippen molar-refractivity contribution in [2.75, 3.05) is 19.0 Å². The lowest BCUT2D eigenvalue weighted by molar-refractivity contribution is -0.141. The van der Waals surface area contributed by atoms with Crippen molar-refractivity contribution in [1.29, 1.82) is 0 Å². The average molecular weight is 276 g/mol. The van der Waals surface area contributed by atoms with Gasteiger partial charge in [0.05, 0.1) is 7.11 Å². The summed E-state index contributed by atoms with van der Waals surface area (Å²) in [7, 11) is 1.21. The number of methoxy groups -OCH3 is 1. The Hall–Kier alpha value is -1.50. The van der Waals surface area contributed by atoms with Crippen LogP contribution in [0.15, 0.2) is 12.2 Å². The molecule has 0 aromatic carbocycles. The van der Waals surface area contributed by atoms with Gasteiger partial charge < -0.3 is 14.2 Å². The molecule has 0 unspecified atom stereocenters. The molecule has 0 aliphatic carbocycles. The standard InChI is InChI=1S/C11H16O6S/c1-3-4-10(13)16-7-18-8-17-11(14)6-5-9(12)15-2/h5-6H,3-4,7-8H2,1-2H3/b6-5+. The molecule has 0 saturated heterocycles. The highest BCUT2D eigenvalue weighted by atomic mass is 32.2. The molecule has 0 aromatic heterocycles. The number of thioether (sulfide) groups is 1. The molecule has 18 heavy (non-hydrogen) atoms. The van der Waals surface area contributed by atoms with Gasteiger partial charge in [-0.1, -0.05) is 18.7 Å². The van der Waals surface area contributed by atoms with Gasteiger partial charge >= 0.3 is 17.9 Å². The molecule has 7 heteroatoms. The minimum Gasteiger partial charge on any atom is -0.466 e. The molecule has 0 amide bonds. The molecule has 0 N–H and O–H groups in total. The summed E-state index contributed by atoms with van der Waals surface area (Å²) in [4.78, 5) is 32.6. The van der Waals surface area contributed by atoms with E-state index in [4.69, 9.17) is 9.47 Å². The lowest BCUT2D eigenvalue weighted by Gasteiger charge is -2.03. The Morgan fingerprint density at radius 1 is 1.06 bits per heavy atom. The molecule has 0 spiro atoms. The van der Waals surface area contributed by atoms with Crippen LogP contribution in [0.2, 0.25) is 0 Å². The Morgan fingerprint density at radius 2 is 1.67 bits per heavy atom. The Morgan fingerprint density at radius 3 is 2.28 bits per heavy atom. The number of carbonyl (C=O) groups excluding carboxylic acids is 3. The highest BCUT2D eigenvalue weighted by molar-refractivity contribution is 7.99. The molecule has 0 radical (unpaired) electrons. The van der Waals surface area contributed by atoms with E-state index in [9.17, 15) is 14.4 Å². The first-order valence-electron chi connectivity index (χ1n) is 5.26. The molecule has 0 rings (SSSR count). The number of hydrogen-bond acceptors (Lipinski definition) is 7. The van der Waals surface area contributed by atoms with E-state index in [0.717, 1.165) is 30.3 Å². The summed E-state index contributed by atoms with van der Waals surface area (Å²) in [5.74, 6) is -1.39. The van der Waals surface area contributed by atoms with Gasteiger partial charge in [-0.25, -0.2) is 9.59 Å². The second-order valence-electron chi connectivity index (χ2n) is 3.03. The van der Waals surface area contributed by atoms with E-state index in [1.807, 2.05) is 6.92 Å². The van der Waals surface area contributed by atoms with Crippen molar-refractivity contribution in [2.24, 2.45) is 0 Å². The topological polar surface area (TPSA) is 78.9 Å². The maximum atomic E-state index is 11.0.